The van der Waals surface area contributed by atoms with Crippen molar-refractivity contribution in [2.24, 2.45) is 0 Å². The van der Waals surface area contributed by atoms with Crippen LogP contribution in [0.4, 0.5) is 5.69 Å². The number of nitrogens with one attached hydrogen (secondary N) is 1. The second-order valence-corrected chi connectivity index (χ2v) is 6.26. The van der Waals surface area contributed by atoms with Crippen molar-refractivity contribution >= 4 is 23.3 Å². The molecule has 0 radical (unpaired) electrons. The number of amides is 1. The monoisotopic (exact) mass is 383 g/mol. The largest absolute Gasteiger partial charge is 0.486 e. The van der Waals surface area contributed by atoms with Gasteiger partial charge in [-0.25, -0.2) is 4.79 Å². The van der Waals surface area contributed by atoms with Crippen molar-refractivity contribution in [3.8, 4) is 11.5 Å². The number of carbonyl (C=O) groups excluding carboxylic acids is 3. The van der Waals surface area contributed by atoms with Crippen LogP contribution in [0.15, 0.2) is 42.5 Å². The van der Waals surface area contributed by atoms with Crippen molar-refractivity contribution in [2.45, 2.75) is 19.3 Å². The number of anilines is 1. The molecule has 0 saturated heterocycles. The molecule has 0 atom stereocenters. The normalized spacial score (nSPS) is 12.2. The summed E-state index contributed by atoms with van der Waals surface area (Å²) in [5, 5.41) is 2.72. The topological polar surface area (TPSA) is 90.9 Å². The Morgan fingerprint density at radius 2 is 1.75 bits per heavy atom. The molecule has 1 aliphatic heterocycles. The lowest BCUT2D eigenvalue weighted by Gasteiger charge is -2.18. The second kappa shape index (κ2) is 9.03. The van der Waals surface area contributed by atoms with E-state index in [-0.39, 0.29) is 24.5 Å². The highest BCUT2D eigenvalue weighted by Gasteiger charge is 2.15. The van der Waals surface area contributed by atoms with Crippen molar-refractivity contribution in [3.63, 3.8) is 0 Å². The first-order chi connectivity index (χ1) is 13.6. The Morgan fingerprint density at radius 1 is 0.964 bits per heavy atom. The third-order valence-corrected chi connectivity index (χ3v) is 4.24. The van der Waals surface area contributed by atoms with Crippen molar-refractivity contribution in [1.82, 2.24) is 0 Å². The fraction of sp³-hybridized carbons (Fsp3) is 0.286. The van der Waals surface area contributed by atoms with Gasteiger partial charge in [0.25, 0.3) is 0 Å². The lowest BCUT2D eigenvalue weighted by atomic mass is 10.0. The van der Waals surface area contributed by atoms with Gasteiger partial charge >= 0.3 is 5.97 Å². The molecule has 3 rings (SSSR count). The molecule has 1 aliphatic rings. The third-order valence-electron chi connectivity index (χ3n) is 4.24. The molecule has 0 unspecified atom stereocenters. The Morgan fingerprint density at radius 3 is 2.54 bits per heavy atom. The van der Waals surface area contributed by atoms with Gasteiger partial charge in [-0.1, -0.05) is 6.07 Å². The average molecular weight is 383 g/mol. The van der Waals surface area contributed by atoms with Crippen LogP contribution in [0, 0.1) is 0 Å². The number of hydrogen-bond donors (Lipinski definition) is 1. The minimum atomic E-state index is -0.471. The Labute approximate surface area is 162 Å². The van der Waals surface area contributed by atoms with Crippen molar-refractivity contribution in [3.05, 3.63) is 53.6 Å². The number of esters is 1. The number of ketones is 1. The van der Waals surface area contributed by atoms with E-state index in [1.54, 1.807) is 42.5 Å². The summed E-state index contributed by atoms with van der Waals surface area (Å²) in [7, 11) is 1.30. The van der Waals surface area contributed by atoms with Crippen LogP contribution in [-0.2, 0) is 9.53 Å². The van der Waals surface area contributed by atoms with E-state index in [1.807, 2.05) is 0 Å². The molecule has 2 aromatic rings. The van der Waals surface area contributed by atoms with Crippen molar-refractivity contribution < 1.29 is 28.6 Å². The number of ether oxygens (including phenoxy) is 3. The van der Waals surface area contributed by atoms with Gasteiger partial charge in [0.2, 0.25) is 5.91 Å². The molecule has 2 aromatic carbocycles. The summed E-state index contributed by atoms with van der Waals surface area (Å²) >= 11 is 0. The molecule has 7 heteroatoms. The van der Waals surface area contributed by atoms with Gasteiger partial charge in [-0.05, 0) is 42.8 Å². The zero-order valence-electron chi connectivity index (χ0n) is 15.5. The van der Waals surface area contributed by atoms with Gasteiger partial charge in [0, 0.05) is 24.1 Å². The lowest BCUT2D eigenvalue weighted by molar-refractivity contribution is -0.116. The Balaban J connectivity index is 1.49. The standard InChI is InChI=1S/C21H21NO6/c1-26-21(25)15-4-2-5-16(12-15)22-20(24)7-3-6-17(23)14-8-9-18-19(13-14)28-11-10-27-18/h2,4-5,8-9,12-13H,3,6-7,10-11H2,1H3,(H,22,24). The summed E-state index contributed by atoms with van der Waals surface area (Å²) < 4.78 is 15.6. The predicted molar refractivity (Wildman–Crippen MR) is 102 cm³/mol. The first-order valence-corrected chi connectivity index (χ1v) is 8.98. The van der Waals surface area contributed by atoms with Gasteiger partial charge in [0.05, 0.1) is 12.7 Å². The molecular formula is C21H21NO6. The molecule has 1 amide bonds. The fourth-order valence-corrected chi connectivity index (χ4v) is 2.84. The number of fused-ring (bicyclic) bond motifs is 1. The van der Waals surface area contributed by atoms with Crippen LogP contribution in [0.25, 0.3) is 0 Å². The molecule has 0 aliphatic carbocycles. The van der Waals surface area contributed by atoms with Crippen LogP contribution in [0.3, 0.4) is 0 Å². The minimum Gasteiger partial charge on any atom is -0.486 e. The summed E-state index contributed by atoms with van der Waals surface area (Å²) in [4.78, 5) is 36.0. The van der Waals surface area contributed by atoms with Crippen molar-refractivity contribution in [2.75, 3.05) is 25.6 Å². The smallest absolute Gasteiger partial charge is 0.337 e. The molecule has 0 bridgehead atoms. The summed E-state index contributed by atoms with van der Waals surface area (Å²) in [6, 6.07) is 11.6. The molecular weight excluding hydrogens is 362 g/mol. The van der Waals surface area contributed by atoms with Gasteiger partial charge in [-0.15, -0.1) is 0 Å². The highest BCUT2D eigenvalue weighted by atomic mass is 16.6. The van der Waals surface area contributed by atoms with Crippen LogP contribution in [-0.4, -0.2) is 38.0 Å². The van der Waals surface area contributed by atoms with Crippen LogP contribution >= 0.6 is 0 Å². The molecule has 1 heterocycles. The molecule has 28 heavy (non-hydrogen) atoms. The quantitative estimate of drug-likeness (QED) is 0.583. The number of benzene rings is 2. The van der Waals surface area contributed by atoms with Gasteiger partial charge in [0.15, 0.2) is 17.3 Å². The maximum atomic E-state index is 12.3. The fourth-order valence-electron chi connectivity index (χ4n) is 2.84. The van der Waals surface area contributed by atoms with Crippen LogP contribution in [0.5, 0.6) is 11.5 Å². The summed E-state index contributed by atoms with van der Waals surface area (Å²) in [5.41, 5.74) is 1.40. The highest BCUT2D eigenvalue weighted by molar-refractivity contribution is 5.97. The summed E-state index contributed by atoms with van der Waals surface area (Å²) in [6.07, 6.45) is 0.851. The van der Waals surface area contributed by atoms with E-state index in [0.29, 0.717) is 47.9 Å². The maximum Gasteiger partial charge on any atom is 0.337 e. The van der Waals surface area contributed by atoms with Crippen LogP contribution in [0.1, 0.15) is 40.0 Å². The maximum absolute atomic E-state index is 12.3. The lowest BCUT2D eigenvalue weighted by Crippen LogP contribution is -2.16. The number of carbonyl (C=O) groups is 3. The molecule has 0 aromatic heterocycles. The van der Waals surface area contributed by atoms with E-state index >= 15 is 0 Å². The van der Waals surface area contributed by atoms with E-state index in [1.165, 1.54) is 7.11 Å². The molecule has 0 saturated carbocycles. The number of rotatable bonds is 7. The molecule has 1 N–H and O–H groups in total. The Hall–Kier alpha value is -3.35. The number of Topliss-reactive ketones (excluding diaryl/α,β-unsaturated/α-hetero) is 1. The molecule has 0 fully saturated rings. The van der Waals surface area contributed by atoms with E-state index in [2.05, 4.69) is 10.1 Å². The highest BCUT2D eigenvalue weighted by Crippen LogP contribution is 2.31. The zero-order valence-corrected chi connectivity index (χ0v) is 15.5. The van der Waals surface area contributed by atoms with E-state index < -0.39 is 5.97 Å². The van der Waals surface area contributed by atoms with Gasteiger partial charge in [0.1, 0.15) is 13.2 Å². The first-order valence-electron chi connectivity index (χ1n) is 8.98. The molecule has 146 valence electrons. The third kappa shape index (κ3) is 4.88. The second-order valence-electron chi connectivity index (χ2n) is 6.26. The van der Waals surface area contributed by atoms with E-state index in [9.17, 15) is 14.4 Å². The first kappa shape index (κ1) is 19.4. The zero-order chi connectivity index (χ0) is 19.9. The predicted octanol–water partition coefficient (Wildman–Crippen LogP) is 3.24. The number of hydrogen-bond acceptors (Lipinski definition) is 6. The van der Waals surface area contributed by atoms with Crippen LogP contribution < -0.4 is 14.8 Å². The van der Waals surface area contributed by atoms with Gasteiger partial charge in [-0.2, -0.15) is 0 Å². The molecule has 7 nitrogen and oxygen atoms in total. The van der Waals surface area contributed by atoms with Gasteiger partial charge < -0.3 is 19.5 Å². The minimum absolute atomic E-state index is 0.0579. The van der Waals surface area contributed by atoms with E-state index in [4.69, 9.17) is 9.47 Å². The Bertz CT molecular complexity index is 892. The van der Waals surface area contributed by atoms with Crippen molar-refractivity contribution in [1.29, 1.82) is 0 Å². The molecule has 0 spiro atoms. The summed E-state index contributed by atoms with van der Waals surface area (Å²) in [6.45, 7) is 0.958. The van der Waals surface area contributed by atoms with Crippen LogP contribution in [0.2, 0.25) is 0 Å². The van der Waals surface area contributed by atoms with E-state index in [0.717, 1.165) is 0 Å². The number of methoxy groups -OCH3 is 1. The average Bonchev–Trinajstić information content (AvgIpc) is 2.72. The van der Waals surface area contributed by atoms with Gasteiger partial charge in [-0.3, -0.25) is 9.59 Å². The Kier molecular flexibility index (Phi) is 6.26. The SMILES string of the molecule is COC(=O)c1cccc(NC(=O)CCCC(=O)c2ccc3c(c2)OCCO3)c1. The summed E-state index contributed by atoms with van der Waals surface area (Å²) in [5.74, 6) is 0.451.